The molecule has 0 bridgehead atoms. The van der Waals surface area contributed by atoms with Crippen LogP contribution < -0.4 is 5.32 Å². The molecular weight excluding hydrogens is 268 g/mol. The van der Waals surface area contributed by atoms with E-state index in [2.05, 4.69) is 15.5 Å². The van der Waals surface area contributed by atoms with Crippen LogP contribution in [-0.4, -0.2) is 37.6 Å². The van der Waals surface area contributed by atoms with E-state index < -0.39 is 22.3 Å². The minimum Gasteiger partial charge on any atom is -0.481 e. The third-order valence-corrected chi connectivity index (χ3v) is 2.73. The molecule has 1 amide bonds. The number of H-pyrrole nitrogens is 1. The second kappa shape index (κ2) is 5.68. The van der Waals surface area contributed by atoms with Gasteiger partial charge in [-0.3, -0.25) is 24.8 Å². The Morgan fingerprint density at radius 2 is 2.10 bits per heavy atom. The maximum absolute atomic E-state index is 12.0. The fourth-order valence-corrected chi connectivity index (χ4v) is 1.65. The van der Waals surface area contributed by atoms with Crippen molar-refractivity contribution in [1.82, 2.24) is 15.5 Å². The van der Waals surface area contributed by atoms with Crippen molar-refractivity contribution in [1.29, 1.82) is 0 Å². The topological polar surface area (TPSA) is 138 Å². The van der Waals surface area contributed by atoms with Gasteiger partial charge in [-0.05, 0) is 27.2 Å². The molecule has 20 heavy (non-hydrogen) atoms. The Kier molecular flexibility index (Phi) is 4.43. The van der Waals surface area contributed by atoms with Gasteiger partial charge in [-0.15, -0.1) is 0 Å². The van der Waals surface area contributed by atoms with Gasteiger partial charge >= 0.3 is 11.7 Å². The zero-order valence-corrected chi connectivity index (χ0v) is 11.4. The summed E-state index contributed by atoms with van der Waals surface area (Å²) < 4.78 is 0. The van der Waals surface area contributed by atoms with Crippen LogP contribution in [0.15, 0.2) is 0 Å². The van der Waals surface area contributed by atoms with Crippen LogP contribution in [0.25, 0.3) is 0 Å². The van der Waals surface area contributed by atoms with E-state index in [0.717, 1.165) is 0 Å². The number of hydrogen-bond donors (Lipinski definition) is 3. The number of carboxylic acid groups (broad SMARTS) is 1. The third kappa shape index (κ3) is 3.77. The summed E-state index contributed by atoms with van der Waals surface area (Å²) >= 11 is 0. The summed E-state index contributed by atoms with van der Waals surface area (Å²) in [7, 11) is 0. The van der Waals surface area contributed by atoms with E-state index in [1.165, 1.54) is 6.92 Å². The summed E-state index contributed by atoms with van der Waals surface area (Å²) in [5.41, 5.74) is -1.31. The van der Waals surface area contributed by atoms with Crippen molar-refractivity contribution in [3.05, 3.63) is 21.5 Å². The zero-order valence-electron chi connectivity index (χ0n) is 11.4. The predicted molar refractivity (Wildman–Crippen MR) is 68.4 cm³/mol. The Bertz CT molecular complexity index is 549. The molecule has 0 radical (unpaired) electrons. The van der Waals surface area contributed by atoms with Crippen molar-refractivity contribution in [3.63, 3.8) is 0 Å². The number of nitrogens with one attached hydrogen (secondary N) is 2. The molecule has 0 aromatic carbocycles. The summed E-state index contributed by atoms with van der Waals surface area (Å²) in [5, 5.41) is 28.1. The molecule has 9 nitrogen and oxygen atoms in total. The van der Waals surface area contributed by atoms with Gasteiger partial charge in [0.15, 0.2) is 0 Å². The van der Waals surface area contributed by atoms with Gasteiger partial charge in [0, 0.05) is 12.0 Å². The highest BCUT2D eigenvalue weighted by Crippen LogP contribution is 2.21. The summed E-state index contributed by atoms with van der Waals surface area (Å²) in [6, 6.07) is 0. The SMILES string of the molecule is Cc1[nH]nc(C(=O)NC(C)(C)CCC(=O)O)c1[N+](=O)[O-]. The van der Waals surface area contributed by atoms with Crippen LogP contribution in [0.2, 0.25) is 0 Å². The van der Waals surface area contributed by atoms with Crippen molar-refractivity contribution < 1.29 is 19.6 Å². The van der Waals surface area contributed by atoms with Gasteiger partial charge in [-0.25, -0.2) is 0 Å². The van der Waals surface area contributed by atoms with Crippen LogP contribution in [0, 0.1) is 17.0 Å². The van der Waals surface area contributed by atoms with Crippen LogP contribution in [-0.2, 0) is 4.79 Å². The number of nitro groups is 1. The van der Waals surface area contributed by atoms with Gasteiger partial charge in [-0.2, -0.15) is 5.10 Å². The highest BCUT2D eigenvalue weighted by molar-refractivity contribution is 5.96. The fraction of sp³-hybridized carbons (Fsp3) is 0.545. The highest BCUT2D eigenvalue weighted by Gasteiger charge is 2.30. The molecule has 0 saturated heterocycles. The molecule has 0 fully saturated rings. The van der Waals surface area contributed by atoms with E-state index in [0.29, 0.717) is 0 Å². The van der Waals surface area contributed by atoms with E-state index in [1.807, 2.05) is 0 Å². The summed E-state index contributed by atoms with van der Waals surface area (Å²) in [4.78, 5) is 32.7. The first kappa shape index (κ1) is 15.6. The molecule has 1 heterocycles. The predicted octanol–water partition coefficient (Wildman–Crippen LogP) is 1.000. The number of amides is 1. The monoisotopic (exact) mass is 284 g/mol. The number of hydrogen-bond acceptors (Lipinski definition) is 5. The normalized spacial score (nSPS) is 11.2. The number of aryl methyl sites for hydroxylation is 1. The lowest BCUT2D eigenvalue weighted by atomic mass is 9.98. The molecule has 9 heteroatoms. The largest absolute Gasteiger partial charge is 0.481 e. The average molecular weight is 284 g/mol. The molecular formula is C11H16N4O5. The lowest BCUT2D eigenvalue weighted by Gasteiger charge is -2.24. The van der Waals surface area contributed by atoms with Gasteiger partial charge in [0.1, 0.15) is 5.69 Å². The summed E-state index contributed by atoms with van der Waals surface area (Å²) in [6.07, 6.45) is 0.0836. The van der Waals surface area contributed by atoms with Crippen molar-refractivity contribution in [3.8, 4) is 0 Å². The molecule has 0 aliphatic rings. The number of aromatic nitrogens is 2. The number of carbonyl (C=O) groups excluding carboxylic acids is 1. The van der Waals surface area contributed by atoms with Crippen molar-refractivity contribution in [2.45, 2.75) is 39.2 Å². The Labute approximate surface area is 114 Å². The third-order valence-electron chi connectivity index (χ3n) is 2.73. The van der Waals surface area contributed by atoms with Gasteiger partial charge in [0.05, 0.1) is 4.92 Å². The van der Waals surface area contributed by atoms with Crippen molar-refractivity contribution in [2.75, 3.05) is 0 Å². The first-order valence-electron chi connectivity index (χ1n) is 5.87. The number of carbonyl (C=O) groups is 2. The molecule has 0 unspecified atom stereocenters. The zero-order chi connectivity index (χ0) is 15.5. The van der Waals surface area contributed by atoms with E-state index in [9.17, 15) is 19.7 Å². The minimum absolute atomic E-state index is 0.116. The molecule has 0 atom stereocenters. The van der Waals surface area contributed by atoms with Crippen LogP contribution in [0.3, 0.4) is 0 Å². The Balaban J connectivity index is 2.86. The standard InChI is InChI=1S/C11H16N4O5/c1-6-9(15(19)20)8(14-13-6)10(18)12-11(2,3)5-4-7(16)17/h4-5H2,1-3H3,(H,12,18)(H,13,14)(H,16,17). The van der Waals surface area contributed by atoms with E-state index in [4.69, 9.17) is 5.11 Å². The van der Waals surface area contributed by atoms with E-state index in [-0.39, 0.29) is 29.9 Å². The van der Waals surface area contributed by atoms with Crippen LogP contribution >= 0.6 is 0 Å². The molecule has 110 valence electrons. The number of rotatable bonds is 6. The summed E-state index contributed by atoms with van der Waals surface area (Å²) in [5.74, 6) is -1.69. The molecule has 1 rings (SSSR count). The maximum atomic E-state index is 12.0. The fourth-order valence-electron chi connectivity index (χ4n) is 1.65. The van der Waals surface area contributed by atoms with E-state index >= 15 is 0 Å². The quantitative estimate of drug-likeness (QED) is 0.526. The van der Waals surface area contributed by atoms with Crippen LogP contribution in [0.5, 0.6) is 0 Å². The molecule has 3 N–H and O–H groups in total. The summed E-state index contributed by atoms with van der Waals surface area (Å²) in [6.45, 7) is 4.72. The second-order valence-electron chi connectivity index (χ2n) is 5.03. The van der Waals surface area contributed by atoms with Crippen LogP contribution in [0.4, 0.5) is 5.69 Å². The van der Waals surface area contributed by atoms with Crippen molar-refractivity contribution in [2.24, 2.45) is 0 Å². The van der Waals surface area contributed by atoms with Gasteiger partial charge in [-0.1, -0.05) is 0 Å². The highest BCUT2D eigenvalue weighted by atomic mass is 16.6. The van der Waals surface area contributed by atoms with Gasteiger partial charge in [0.25, 0.3) is 5.91 Å². The number of nitrogens with zero attached hydrogens (tertiary/aromatic N) is 2. The van der Waals surface area contributed by atoms with Gasteiger partial charge in [0.2, 0.25) is 5.69 Å². The minimum atomic E-state index is -0.978. The lowest BCUT2D eigenvalue weighted by molar-refractivity contribution is -0.385. The molecule has 0 spiro atoms. The lowest BCUT2D eigenvalue weighted by Crippen LogP contribution is -2.44. The Morgan fingerprint density at radius 1 is 1.50 bits per heavy atom. The molecule has 1 aromatic heterocycles. The smallest absolute Gasteiger partial charge is 0.322 e. The van der Waals surface area contributed by atoms with Crippen molar-refractivity contribution >= 4 is 17.6 Å². The second-order valence-corrected chi connectivity index (χ2v) is 5.03. The molecule has 0 saturated carbocycles. The molecule has 1 aromatic rings. The first-order valence-corrected chi connectivity index (χ1v) is 5.87. The maximum Gasteiger partial charge on any atom is 0.322 e. The Hall–Kier alpha value is -2.45. The van der Waals surface area contributed by atoms with Crippen LogP contribution in [0.1, 0.15) is 42.9 Å². The van der Waals surface area contributed by atoms with E-state index in [1.54, 1.807) is 13.8 Å². The van der Waals surface area contributed by atoms with Gasteiger partial charge < -0.3 is 10.4 Å². The number of aliphatic carboxylic acids is 1. The number of carboxylic acids is 1. The number of aromatic amines is 1. The average Bonchev–Trinajstić information content (AvgIpc) is 2.68. The first-order chi connectivity index (χ1) is 9.14. The molecule has 0 aliphatic carbocycles. The molecule has 0 aliphatic heterocycles. The Morgan fingerprint density at radius 3 is 2.60 bits per heavy atom.